The summed E-state index contributed by atoms with van der Waals surface area (Å²) in [7, 11) is 0. The first-order valence-corrected chi connectivity index (χ1v) is 10.0. The molecule has 6 nitrogen and oxygen atoms in total. The third kappa shape index (κ3) is 4.57. The van der Waals surface area contributed by atoms with E-state index < -0.39 is 11.8 Å². The molecule has 2 aromatic rings. The molecule has 0 saturated heterocycles. The number of nitrogens with one attached hydrogen (secondary N) is 3. The largest absolute Gasteiger partial charge is 0.323 e. The van der Waals surface area contributed by atoms with Crippen LogP contribution in [0.1, 0.15) is 18.1 Å². The van der Waals surface area contributed by atoms with Crippen LogP contribution in [-0.4, -0.2) is 16.7 Å². The number of aryl methyl sites for hydroxylation is 1. The monoisotopic (exact) mass is 428 g/mol. The van der Waals surface area contributed by atoms with Gasteiger partial charge < -0.3 is 15.6 Å². The van der Waals surface area contributed by atoms with Gasteiger partial charge in [0.15, 0.2) is 0 Å². The van der Waals surface area contributed by atoms with Gasteiger partial charge in [-0.2, -0.15) is 0 Å². The van der Waals surface area contributed by atoms with Gasteiger partial charge in [-0.05, 0) is 55.8 Å². The summed E-state index contributed by atoms with van der Waals surface area (Å²) in [6.45, 7) is 3.68. The highest BCUT2D eigenvalue weighted by Crippen LogP contribution is 2.27. The first kappa shape index (κ1) is 21.0. The minimum atomic E-state index is -0.503. The Morgan fingerprint density at radius 1 is 0.938 bits per heavy atom. The molecule has 4 rings (SSSR count). The lowest BCUT2D eigenvalue weighted by molar-refractivity contribution is 0.262. The summed E-state index contributed by atoms with van der Waals surface area (Å²) in [5.41, 5.74) is 4.79. The molecule has 1 heterocycles. The Morgan fingerprint density at radius 2 is 1.69 bits per heavy atom. The van der Waals surface area contributed by atoms with Crippen molar-refractivity contribution in [2.45, 2.75) is 13.8 Å². The molecule has 0 saturated carbocycles. The number of benzene rings is 2. The van der Waals surface area contributed by atoms with Crippen molar-refractivity contribution in [2.75, 3.05) is 10.6 Å². The van der Waals surface area contributed by atoms with Gasteiger partial charge in [0.25, 0.3) is 5.56 Å². The molecule has 0 fully saturated rings. The van der Waals surface area contributed by atoms with Gasteiger partial charge in [-0.3, -0.25) is 9.79 Å². The van der Waals surface area contributed by atoms with E-state index in [4.69, 9.17) is 0 Å². The highest BCUT2D eigenvalue weighted by atomic mass is 19.1. The number of nitrogens with zero attached hydrogens (tertiary/aromatic N) is 1. The minimum absolute atomic E-state index is 0.200. The van der Waals surface area contributed by atoms with Crippen LogP contribution in [0, 0.1) is 12.7 Å². The summed E-state index contributed by atoms with van der Waals surface area (Å²) >= 11 is 0. The average Bonchev–Trinajstić information content (AvgIpc) is 2.89. The van der Waals surface area contributed by atoms with Gasteiger partial charge in [0.05, 0.1) is 17.0 Å². The van der Waals surface area contributed by atoms with E-state index in [2.05, 4.69) is 20.6 Å². The topological polar surface area (TPSA) is 86.3 Å². The first-order chi connectivity index (χ1) is 15.4. The summed E-state index contributed by atoms with van der Waals surface area (Å²) in [4.78, 5) is 32.4. The van der Waals surface area contributed by atoms with E-state index in [1.807, 2.05) is 43.3 Å². The molecule has 7 heteroatoms. The molecule has 2 aromatic carbocycles. The molecule has 160 valence electrons. The number of halogens is 1. The Morgan fingerprint density at radius 3 is 2.47 bits per heavy atom. The predicted molar refractivity (Wildman–Crippen MR) is 126 cm³/mol. The van der Waals surface area contributed by atoms with Gasteiger partial charge in [-0.15, -0.1) is 0 Å². The Balaban J connectivity index is 1.60. The lowest BCUT2D eigenvalue weighted by Gasteiger charge is -2.10. The van der Waals surface area contributed by atoms with Crippen molar-refractivity contribution in [1.29, 1.82) is 0 Å². The van der Waals surface area contributed by atoms with E-state index in [1.54, 1.807) is 25.1 Å². The fourth-order valence-corrected chi connectivity index (χ4v) is 3.44. The lowest BCUT2D eigenvalue weighted by Crippen LogP contribution is -2.19. The lowest BCUT2D eigenvalue weighted by atomic mass is 10.1. The average molecular weight is 428 g/mol. The molecule has 2 aliphatic rings. The molecule has 3 N–H and O–H groups in total. The van der Waals surface area contributed by atoms with E-state index in [1.165, 1.54) is 18.2 Å². The summed E-state index contributed by atoms with van der Waals surface area (Å²) in [6.07, 6.45) is 0. The van der Waals surface area contributed by atoms with Gasteiger partial charge >= 0.3 is 6.03 Å². The molecular formula is C25H21FN4O2. The van der Waals surface area contributed by atoms with Gasteiger partial charge in [0.1, 0.15) is 5.82 Å². The number of urea groups is 1. The smallest absolute Gasteiger partial charge is 0.321 e. The minimum Gasteiger partial charge on any atom is -0.321 e. The molecule has 0 atom stereocenters. The van der Waals surface area contributed by atoms with E-state index >= 15 is 0 Å². The fourth-order valence-electron chi connectivity index (χ4n) is 3.44. The molecule has 0 bridgehead atoms. The SMILES string of the molecule is CC(=Nc1cc(NC(=O)Nc2cccc(F)c2)ccc1C)c1c2cccccc-2[nH]c1=O. The van der Waals surface area contributed by atoms with Crippen LogP contribution in [0.2, 0.25) is 0 Å². The van der Waals surface area contributed by atoms with Crippen molar-refractivity contribution >= 4 is 28.8 Å². The molecule has 0 spiro atoms. The summed E-state index contributed by atoms with van der Waals surface area (Å²) in [6, 6.07) is 19.8. The maximum atomic E-state index is 13.3. The van der Waals surface area contributed by atoms with Crippen LogP contribution < -0.4 is 16.2 Å². The van der Waals surface area contributed by atoms with Gasteiger partial charge in [-0.1, -0.05) is 36.4 Å². The van der Waals surface area contributed by atoms with Crippen molar-refractivity contribution in [3.8, 4) is 11.3 Å². The molecule has 32 heavy (non-hydrogen) atoms. The standard InChI is InChI=1S/C25H21FN4O2/c1-15-11-12-19(29-25(32)28-18-8-6-7-17(26)13-18)14-22(15)27-16(2)23-20-9-4-3-5-10-21(20)30-24(23)31/h3-14H,1-2H3,(H,30,31)(H2,28,29,32). The number of rotatable bonds is 4. The van der Waals surface area contributed by atoms with Crippen molar-refractivity contribution in [3.63, 3.8) is 0 Å². The third-order valence-corrected chi connectivity index (χ3v) is 4.98. The first-order valence-electron chi connectivity index (χ1n) is 10.0. The Kier molecular flexibility index (Phi) is 5.81. The molecule has 1 aliphatic carbocycles. The van der Waals surface area contributed by atoms with Crippen LogP contribution in [0.4, 0.5) is 26.2 Å². The number of amides is 2. The second kappa shape index (κ2) is 8.85. The van der Waals surface area contributed by atoms with E-state index in [0.717, 1.165) is 16.8 Å². The number of aromatic nitrogens is 1. The third-order valence-electron chi connectivity index (χ3n) is 4.98. The predicted octanol–water partition coefficient (Wildman–Crippen LogP) is 5.71. The quantitative estimate of drug-likeness (QED) is 0.364. The van der Waals surface area contributed by atoms with Gasteiger partial charge in [0, 0.05) is 22.6 Å². The molecule has 0 aromatic heterocycles. The van der Waals surface area contributed by atoms with Crippen molar-refractivity contribution in [3.05, 3.63) is 100 Å². The van der Waals surface area contributed by atoms with Crippen LogP contribution in [0.5, 0.6) is 0 Å². The number of aliphatic imine (C=N–C) groups is 1. The summed E-state index contributed by atoms with van der Waals surface area (Å²) < 4.78 is 13.3. The molecule has 0 unspecified atom stereocenters. The Hall–Kier alpha value is -4.26. The number of aromatic amines is 1. The zero-order chi connectivity index (χ0) is 22.7. The van der Waals surface area contributed by atoms with Crippen molar-refractivity contribution < 1.29 is 9.18 Å². The van der Waals surface area contributed by atoms with Gasteiger partial charge in [0.2, 0.25) is 0 Å². The molecule has 0 radical (unpaired) electrons. The zero-order valence-electron chi connectivity index (χ0n) is 17.6. The number of carbonyl (C=O) groups excluding carboxylic acids is 1. The maximum Gasteiger partial charge on any atom is 0.323 e. The van der Waals surface area contributed by atoms with E-state index in [0.29, 0.717) is 28.3 Å². The van der Waals surface area contributed by atoms with Crippen LogP contribution in [-0.2, 0) is 0 Å². The Bertz CT molecular complexity index is 1360. The molecule has 1 aliphatic heterocycles. The van der Waals surface area contributed by atoms with Crippen molar-refractivity contribution in [1.82, 2.24) is 4.98 Å². The Labute approximate surface area is 184 Å². The number of hydrogen-bond acceptors (Lipinski definition) is 3. The van der Waals surface area contributed by atoms with Crippen LogP contribution >= 0.6 is 0 Å². The van der Waals surface area contributed by atoms with Crippen LogP contribution in [0.15, 0.2) is 82.6 Å². The fraction of sp³-hybridized carbons (Fsp3) is 0.0800. The molecule has 2 amide bonds. The zero-order valence-corrected chi connectivity index (χ0v) is 17.6. The van der Waals surface area contributed by atoms with Crippen LogP contribution in [0.3, 0.4) is 0 Å². The van der Waals surface area contributed by atoms with Gasteiger partial charge in [-0.25, -0.2) is 9.18 Å². The summed E-state index contributed by atoms with van der Waals surface area (Å²) in [5, 5.41) is 5.31. The van der Waals surface area contributed by atoms with E-state index in [-0.39, 0.29) is 5.56 Å². The van der Waals surface area contributed by atoms with Crippen molar-refractivity contribution in [2.24, 2.45) is 4.99 Å². The number of hydrogen-bond donors (Lipinski definition) is 3. The molecular weight excluding hydrogens is 407 g/mol. The normalized spacial score (nSPS) is 11.4. The second-order valence-electron chi connectivity index (χ2n) is 7.36. The summed E-state index contributed by atoms with van der Waals surface area (Å²) in [5.74, 6) is -0.436. The maximum absolute atomic E-state index is 13.3. The number of carbonyl (C=O) groups is 1. The second-order valence-corrected chi connectivity index (χ2v) is 7.36. The van der Waals surface area contributed by atoms with E-state index in [9.17, 15) is 14.0 Å². The highest BCUT2D eigenvalue weighted by molar-refractivity contribution is 6.06. The highest BCUT2D eigenvalue weighted by Gasteiger charge is 2.16. The number of anilines is 2. The number of H-pyrrole nitrogens is 1. The van der Waals surface area contributed by atoms with Crippen LogP contribution in [0.25, 0.3) is 11.3 Å². The number of fused-ring (bicyclic) bond motifs is 1.